The molecule has 146 valence electrons. The number of fused-ring (bicyclic) bond motifs is 1. The van der Waals surface area contributed by atoms with Crippen molar-refractivity contribution < 1.29 is 8.42 Å². The summed E-state index contributed by atoms with van der Waals surface area (Å²) in [6.07, 6.45) is 2.94. The summed E-state index contributed by atoms with van der Waals surface area (Å²) in [6, 6.07) is 3.64. The molecule has 1 fully saturated rings. The number of nitrogens with zero attached hydrogens (tertiary/aromatic N) is 4. The Hall–Kier alpha value is -1.71. The molecule has 0 radical (unpaired) electrons. The van der Waals surface area contributed by atoms with Gasteiger partial charge in [-0.15, -0.1) is 11.3 Å². The van der Waals surface area contributed by atoms with Crippen LogP contribution in [0.2, 0.25) is 0 Å². The zero-order chi connectivity index (χ0) is 19.0. The largest absolute Gasteiger partial charge is 0.367 e. The van der Waals surface area contributed by atoms with Crippen LogP contribution in [0.1, 0.15) is 37.9 Å². The van der Waals surface area contributed by atoms with E-state index in [9.17, 15) is 8.42 Å². The third-order valence-corrected chi connectivity index (χ3v) is 8.14. The molecule has 0 spiro atoms. The Bertz CT molecular complexity index is 906. The van der Waals surface area contributed by atoms with Gasteiger partial charge in [0.1, 0.15) is 10.0 Å². The summed E-state index contributed by atoms with van der Waals surface area (Å²) in [4.78, 5) is 11.8. The van der Waals surface area contributed by atoms with Gasteiger partial charge in [0.2, 0.25) is 5.95 Å². The maximum atomic E-state index is 12.9. The first-order valence-corrected chi connectivity index (χ1v) is 11.7. The van der Waals surface area contributed by atoms with Crippen molar-refractivity contribution in [3.63, 3.8) is 0 Å². The molecule has 4 rings (SSSR count). The van der Waals surface area contributed by atoms with Gasteiger partial charge in [0.15, 0.2) is 0 Å². The smallest absolute Gasteiger partial charge is 0.252 e. The Balaban J connectivity index is 1.69. The van der Waals surface area contributed by atoms with E-state index in [0.29, 0.717) is 23.7 Å². The van der Waals surface area contributed by atoms with Gasteiger partial charge >= 0.3 is 0 Å². The van der Waals surface area contributed by atoms with Crippen LogP contribution < -0.4 is 10.2 Å². The summed E-state index contributed by atoms with van der Waals surface area (Å²) < 4.78 is 27.8. The molecular weight excluding hydrogens is 382 g/mol. The zero-order valence-electron chi connectivity index (χ0n) is 15.7. The zero-order valence-corrected chi connectivity index (χ0v) is 17.3. The highest BCUT2D eigenvalue weighted by Crippen LogP contribution is 2.31. The van der Waals surface area contributed by atoms with Crippen molar-refractivity contribution in [3.05, 3.63) is 28.8 Å². The predicted molar refractivity (Wildman–Crippen MR) is 108 cm³/mol. The summed E-state index contributed by atoms with van der Waals surface area (Å²) in [5, 5.41) is 5.20. The summed E-state index contributed by atoms with van der Waals surface area (Å²) in [6.45, 7) is 6.85. The average molecular weight is 408 g/mol. The maximum Gasteiger partial charge on any atom is 0.252 e. The van der Waals surface area contributed by atoms with E-state index in [-0.39, 0.29) is 6.04 Å². The third kappa shape index (κ3) is 3.68. The minimum atomic E-state index is -3.47. The van der Waals surface area contributed by atoms with Gasteiger partial charge in [0, 0.05) is 44.2 Å². The number of aromatic nitrogens is 2. The SMILES string of the molecule is CC(C)Nc1nc(N2CCCC2)nc2c1CN(S(=O)(=O)c1cccs1)CC2. The van der Waals surface area contributed by atoms with Crippen LogP contribution in [0.3, 0.4) is 0 Å². The molecule has 7 nitrogen and oxygen atoms in total. The summed E-state index contributed by atoms with van der Waals surface area (Å²) in [7, 11) is -3.47. The number of anilines is 2. The number of hydrogen-bond acceptors (Lipinski definition) is 7. The van der Waals surface area contributed by atoms with Gasteiger partial charge in [0.05, 0.1) is 5.69 Å². The van der Waals surface area contributed by atoms with E-state index >= 15 is 0 Å². The quantitative estimate of drug-likeness (QED) is 0.821. The molecule has 2 aliphatic heterocycles. The molecular formula is C18H25N5O2S2. The predicted octanol–water partition coefficient (Wildman–Crippen LogP) is 2.71. The molecule has 0 unspecified atom stereocenters. The van der Waals surface area contributed by atoms with Gasteiger partial charge < -0.3 is 10.2 Å². The topological polar surface area (TPSA) is 78.4 Å². The van der Waals surface area contributed by atoms with Gasteiger partial charge in [-0.05, 0) is 38.1 Å². The molecule has 0 amide bonds. The van der Waals surface area contributed by atoms with Gasteiger partial charge in [-0.2, -0.15) is 9.29 Å². The summed E-state index contributed by atoms with van der Waals surface area (Å²) in [5.74, 6) is 1.53. The first-order chi connectivity index (χ1) is 12.9. The lowest BCUT2D eigenvalue weighted by atomic mass is 10.1. The van der Waals surface area contributed by atoms with Crippen molar-refractivity contribution in [1.29, 1.82) is 0 Å². The Kier molecular flexibility index (Phi) is 5.09. The van der Waals surface area contributed by atoms with Crippen molar-refractivity contribution in [3.8, 4) is 0 Å². The second-order valence-electron chi connectivity index (χ2n) is 7.31. The summed E-state index contributed by atoms with van der Waals surface area (Å²) >= 11 is 1.26. The van der Waals surface area contributed by atoms with Crippen LogP contribution in [-0.4, -0.2) is 48.4 Å². The van der Waals surface area contributed by atoms with Crippen LogP contribution >= 0.6 is 11.3 Å². The Morgan fingerprint density at radius 2 is 1.96 bits per heavy atom. The van der Waals surface area contributed by atoms with Gasteiger partial charge in [-0.3, -0.25) is 0 Å². The third-order valence-electron chi connectivity index (χ3n) is 4.92. The fourth-order valence-electron chi connectivity index (χ4n) is 3.57. The second-order valence-corrected chi connectivity index (χ2v) is 10.4. The molecule has 2 aromatic heterocycles. The lowest BCUT2D eigenvalue weighted by Gasteiger charge is -2.30. The average Bonchev–Trinajstić information content (AvgIpc) is 3.34. The van der Waals surface area contributed by atoms with Gasteiger partial charge in [-0.25, -0.2) is 13.4 Å². The molecule has 0 aromatic carbocycles. The molecule has 4 heterocycles. The lowest BCUT2D eigenvalue weighted by molar-refractivity contribution is 0.388. The Labute approximate surface area is 164 Å². The number of sulfonamides is 1. The molecule has 2 aliphatic rings. The molecule has 9 heteroatoms. The van der Waals surface area contributed by atoms with Gasteiger partial charge in [0.25, 0.3) is 10.0 Å². The maximum absolute atomic E-state index is 12.9. The summed E-state index contributed by atoms with van der Waals surface area (Å²) in [5.41, 5.74) is 1.87. The Morgan fingerprint density at radius 1 is 1.19 bits per heavy atom. The molecule has 0 saturated carbocycles. The van der Waals surface area contributed by atoms with Crippen LogP contribution in [0, 0.1) is 0 Å². The number of thiophene rings is 1. The molecule has 27 heavy (non-hydrogen) atoms. The standard InChI is InChI=1S/C18H25N5O2S2/c1-13(2)19-17-14-12-23(27(24,25)16-6-5-11-26-16)10-7-15(14)20-18(21-17)22-8-3-4-9-22/h5-6,11,13H,3-4,7-10,12H2,1-2H3,(H,19,20,21). The highest BCUT2D eigenvalue weighted by atomic mass is 32.2. The lowest BCUT2D eigenvalue weighted by Crippen LogP contribution is -2.37. The van der Waals surface area contributed by atoms with Crippen LogP contribution in [0.25, 0.3) is 0 Å². The fourth-order valence-corrected chi connectivity index (χ4v) is 6.12. The van der Waals surface area contributed by atoms with E-state index in [1.54, 1.807) is 21.8 Å². The minimum Gasteiger partial charge on any atom is -0.367 e. The fraction of sp³-hybridized carbons (Fsp3) is 0.556. The number of hydrogen-bond donors (Lipinski definition) is 1. The highest BCUT2D eigenvalue weighted by molar-refractivity contribution is 7.91. The van der Waals surface area contributed by atoms with Crippen molar-refractivity contribution >= 4 is 33.1 Å². The van der Waals surface area contributed by atoms with Crippen molar-refractivity contribution in [1.82, 2.24) is 14.3 Å². The van der Waals surface area contributed by atoms with Gasteiger partial charge in [-0.1, -0.05) is 6.07 Å². The monoisotopic (exact) mass is 407 g/mol. The molecule has 0 aliphatic carbocycles. The molecule has 2 aromatic rings. The van der Waals surface area contributed by atoms with Crippen molar-refractivity contribution in [2.75, 3.05) is 29.9 Å². The van der Waals surface area contributed by atoms with Crippen LogP contribution in [0.15, 0.2) is 21.7 Å². The number of rotatable bonds is 5. The van der Waals surface area contributed by atoms with E-state index in [1.807, 2.05) is 0 Å². The van der Waals surface area contributed by atoms with E-state index in [4.69, 9.17) is 9.97 Å². The van der Waals surface area contributed by atoms with Crippen molar-refractivity contribution in [2.24, 2.45) is 0 Å². The van der Waals surface area contributed by atoms with E-state index in [1.165, 1.54) is 24.2 Å². The van der Waals surface area contributed by atoms with Crippen LogP contribution in [0.5, 0.6) is 0 Å². The highest BCUT2D eigenvalue weighted by Gasteiger charge is 2.32. The molecule has 0 bridgehead atoms. The van der Waals surface area contributed by atoms with Crippen LogP contribution in [0.4, 0.5) is 11.8 Å². The van der Waals surface area contributed by atoms with E-state index in [2.05, 4.69) is 24.1 Å². The van der Waals surface area contributed by atoms with E-state index < -0.39 is 10.0 Å². The van der Waals surface area contributed by atoms with E-state index in [0.717, 1.165) is 36.1 Å². The van der Waals surface area contributed by atoms with Crippen LogP contribution in [-0.2, 0) is 23.0 Å². The number of nitrogens with one attached hydrogen (secondary N) is 1. The Morgan fingerprint density at radius 3 is 2.63 bits per heavy atom. The molecule has 0 atom stereocenters. The first kappa shape index (κ1) is 18.6. The molecule has 1 saturated heterocycles. The first-order valence-electron chi connectivity index (χ1n) is 9.40. The normalized spacial score (nSPS) is 18.1. The van der Waals surface area contributed by atoms with Crippen molar-refractivity contribution in [2.45, 2.75) is 49.9 Å². The minimum absolute atomic E-state index is 0.208. The second kappa shape index (κ2) is 7.37. The molecule has 1 N–H and O–H groups in total.